The molecule has 1 fully saturated rings. The molecule has 2 heterocycles. The second-order valence-electron chi connectivity index (χ2n) is 7.05. The number of pyridine rings is 1. The first-order valence-electron chi connectivity index (χ1n) is 9.17. The van der Waals surface area contributed by atoms with Crippen LogP contribution in [0.15, 0.2) is 42.6 Å². The molecule has 3 rings (SSSR count). The van der Waals surface area contributed by atoms with Crippen LogP contribution >= 0.6 is 0 Å². The van der Waals surface area contributed by atoms with Gasteiger partial charge < -0.3 is 14.9 Å². The number of nitriles is 1. The number of aromatic nitrogens is 1. The number of carbonyl (C=O) groups is 1. The summed E-state index contributed by atoms with van der Waals surface area (Å²) in [7, 11) is 0. The molecule has 6 heteroatoms. The van der Waals surface area contributed by atoms with E-state index in [1.165, 1.54) is 5.56 Å². The molecular weight excluding hydrogens is 340 g/mol. The molecule has 2 aromatic rings. The van der Waals surface area contributed by atoms with E-state index in [1.807, 2.05) is 30.3 Å². The van der Waals surface area contributed by atoms with Crippen molar-refractivity contribution in [2.24, 2.45) is 0 Å². The van der Waals surface area contributed by atoms with E-state index in [0.717, 1.165) is 5.82 Å². The molecule has 1 saturated heterocycles. The van der Waals surface area contributed by atoms with Gasteiger partial charge in [-0.15, -0.1) is 0 Å². The van der Waals surface area contributed by atoms with Crippen molar-refractivity contribution in [3.05, 3.63) is 59.3 Å². The number of hydrogen-bond acceptors (Lipinski definition) is 5. The average molecular weight is 364 g/mol. The molecule has 1 aliphatic rings. The minimum Gasteiger partial charge on any atom is -0.378 e. The maximum Gasteiger partial charge on any atom is 0.256 e. The summed E-state index contributed by atoms with van der Waals surface area (Å²) in [5, 5.41) is 19.3. The normalized spacial score (nSPS) is 15.5. The summed E-state index contributed by atoms with van der Waals surface area (Å²) in [6, 6.07) is 13.2. The first-order valence-corrected chi connectivity index (χ1v) is 9.17. The van der Waals surface area contributed by atoms with Crippen molar-refractivity contribution < 1.29 is 9.90 Å². The van der Waals surface area contributed by atoms with Crippen molar-refractivity contribution in [3.8, 4) is 6.07 Å². The third kappa shape index (κ3) is 4.26. The van der Waals surface area contributed by atoms with Gasteiger partial charge in [-0.1, -0.05) is 38.1 Å². The van der Waals surface area contributed by atoms with E-state index in [2.05, 4.69) is 29.8 Å². The highest BCUT2D eigenvalue weighted by molar-refractivity contribution is 5.82. The average Bonchev–Trinajstić information content (AvgIpc) is 2.73. The molecular formula is C21H24N4O2. The van der Waals surface area contributed by atoms with E-state index in [0.29, 0.717) is 43.2 Å². The monoisotopic (exact) mass is 364 g/mol. The van der Waals surface area contributed by atoms with Gasteiger partial charge in [0.25, 0.3) is 5.91 Å². The fourth-order valence-electron chi connectivity index (χ4n) is 3.17. The summed E-state index contributed by atoms with van der Waals surface area (Å²) in [6.45, 7) is 6.56. The van der Waals surface area contributed by atoms with Crippen LogP contribution in [0.5, 0.6) is 0 Å². The van der Waals surface area contributed by atoms with E-state index >= 15 is 0 Å². The number of piperazine rings is 1. The van der Waals surface area contributed by atoms with Gasteiger partial charge in [-0.2, -0.15) is 5.26 Å². The molecule has 1 atom stereocenters. The third-order valence-electron chi connectivity index (χ3n) is 4.95. The molecule has 1 aromatic heterocycles. The van der Waals surface area contributed by atoms with Gasteiger partial charge in [0.1, 0.15) is 11.9 Å². The quantitative estimate of drug-likeness (QED) is 0.901. The minimum absolute atomic E-state index is 0.264. The molecule has 0 bridgehead atoms. The number of aliphatic hydroxyl groups is 1. The molecule has 0 saturated carbocycles. The Morgan fingerprint density at radius 3 is 2.22 bits per heavy atom. The Kier molecular flexibility index (Phi) is 5.72. The second kappa shape index (κ2) is 8.19. The van der Waals surface area contributed by atoms with Crippen LogP contribution in [-0.2, 0) is 4.79 Å². The van der Waals surface area contributed by atoms with Crippen molar-refractivity contribution in [1.29, 1.82) is 5.26 Å². The number of anilines is 1. The van der Waals surface area contributed by atoms with Crippen molar-refractivity contribution in [2.75, 3.05) is 31.1 Å². The molecule has 27 heavy (non-hydrogen) atoms. The van der Waals surface area contributed by atoms with Crippen molar-refractivity contribution in [1.82, 2.24) is 9.88 Å². The van der Waals surface area contributed by atoms with E-state index in [1.54, 1.807) is 17.2 Å². The van der Waals surface area contributed by atoms with Crippen LogP contribution < -0.4 is 4.90 Å². The Labute approximate surface area is 159 Å². The first kappa shape index (κ1) is 18.9. The predicted molar refractivity (Wildman–Crippen MR) is 103 cm³/mol. The lowest BCUT2D eigenvalue weighted by atomic mass is 9.99. The van der Waals surface area contributed by atoms with Crippen molar-refractivity contribution in [3.63, 3.8) is 0 Å². The van der Waals surface area contributed by atoms with Crippen molar-refractivity contribution in [2.45, 2.75) is 25.9 Å². The van der Waals surface area contributed by atoms with Crippen LogP contribution in [0.25, 0.3) is 0 Å². The summed E-state index contributed by atoms with van der Waals surface area (Å²) in [5.41, 5.74) is 2.33. The third-order valence-corrected chi connectivity index (χ3v) is 4.95. The fraction of sp³-hybridized carbons (Fsp3) is 0.381. The molecule has 1 aliphatic heterocycles. The largest absolute Gasteiger partial charge is 0.378 e. The summed E-state index contributed by atoms with van der Waals surface area (Å²) in [5.74, 6) is 0.946. The van der Waals surface area contributed by atoms with Crippen molar-refractivity contribution >= 4 is 11.7 Å². The smallest absolute Gasteiger partial charge is 0.256 e. The lowest BCUT2D eigenvalue weighted by Crippen LogP contribution is -2.50. The van der Waals surface area contributed by atoms with E-state index in [4.69, 9.17) is 5.26 Å². The molecule has 140 valence electrons. The van der Waals surface area contributed by atoms with E-state index < -0.39 is 6.10 Å². The molecule has 0 aliphatic carbocycles. The van der Waals surface area contributed by atoms with Gasteiger partial charge in [-0.05, 0) is 29.2 Å². The van der Waals surface area contributed by atoms with Gasteiger partial charge in [0, 0.05) is 32.4 Å². The Morgan fingerprint density at radius 2 is 1.70 bits per heavy atom. The van der Waals surface area contributed by atoms with Crippen LogP contribution in [0, 0.1) is 11.3 Å². The lowest BCUT2D eigenvalue weighted by Gasteiger charge is -2.36. The Hall–Kier alpha value is -2.91. The molecule has 0 spiro atoms. The summed E-state index contributed by atoms with van der Waals surface area (Å²) in [4.78, 5) is 20.7. The van der Waals surface area contributed by atoms with Gasteiger partial charge in [-0.3, -0.25) is 4.79 Å². The zero-order chi connectivity index (χ0) is 19.4. The maximum absolute atomic E-state index is 12.6. The number of carbonyl (C=O) groups excluding carboxylic acids is 1. The number of nitrogens with zero attached hydrogens (tertiary/aromatic N) is 4. The molecule has 6 nitrogen and oxygen atoms in total. The fourth-order valence-corrected chi connectivity index (χ4v) is 3.17. The lowest BCUT2D eigenvalue weighted by molar-refractivity contribution is -0.140. The first-order chi connectivity index (χ1) is 13.0. The Bertz CT molecular complexity index is 817. The summed E-state index contributed by atoms with van der Waals surface area (Å²) in [6.07, 6.45) is 0.419. The number of rotatable bonds is 4. The van der Waals surface area contributed by atoms with Gasteiger partial charge in [0.05, 0.1) is 5.56 Å². The topological polar surface area (TPSA) is 80.5 Å². The van der Waals surface area contributed by atoms with Crippen LogP contribution in [-0.4, -0.2) is 47.1 Å². The number of aliphatic hydroxyl groups excluding tert-OH is 1. The highest BCUT2D eigenvalue weighted by atomic mass is 16.3. The van der Waals surface area contributed by atoms with Gasteiger partial charge in [-0.25, -0.2) is 4.98 Å². The van der Waals surface area contributed by atoms with E-state index in [9.17, 15) is 9.90 Å². The maximum atomic E-state index is 12.6. The zero-order valence-corrected chi connectivity index (χ0v) is 15.7. The standard InChI is InChI=1S/C21H24N4O2/c1-15(2)17-4-6-18(7-5-17)20(26)21(27)25-11-9-24(10-12-25)19-8-3-16(13-22)14-23-19/h3-8,14-15,20,26H,9-12H2,1-2H3. The van der Waals surface area contributed by atoms with Gasteiger partial charge in [0.15, 0.2) is 6.10 Å². The molecule has 0 radical (unpaired) electrons. The molecule has 1 unspecified atom stereocenters. The van der Waals surface area contributed by atoms with Gasteiger partial charge in [0.2, 0.25) is 0 Å². The van der Waals surface area contributed by atoms with E-state index in [-0.39, 0.29) is 5.91 Å². The summed E-state index contributed by atoms with van der Waals surface area (Å²) < 4.78 is 0. The molecule has 1 amide bonds. The molecule has 1 N–H and O–H groups in total. The van der Waals surface area contributed by atoms with Crippen LogP contribution in [0.1, 0.15) is 42.6 Å². The molecule has 1 aromatic carbocycles. The number of amides is 1. The number of hydrogen-bond donors (Lipinski definition) is 1. The highest BCUT2D eigenvalue weighted by Crippen LogP contribution is 2.21. The van der Waals surface area contributed by atoms with Gasteiger partial charge >= 0.3 is 0 Å². The second-order valence-corrected chi connectivity index (χ2v) is 7.05. The Morgan fingerprint density at radius 1 is 1.07 bits per heavy atom. The zero-order valence-electron chi connectivity index (χ0n) is 15.7. The van der Waals surface area contributed by atoms with Crippen LogP contribution in [0.4, 0.5) is 5.82 Å². The predicted octanol–water partition coefficient (Wildman–Crippen LogP) is 2.46. The Balaban J connectivity index is 1.59. The summed E-state index contributed by atoms with van der Waals surface area (Å²) >= 11 is 0. The van der Waals surface area contributed by atoms with Crippen LogP contribution in [0.3, 0.4) is 0 Å². The van der Waals surface area contributed by atoms with Crippen LogP contribution in [0.2, 0.25) is 0 Å². The SMILES string of the molecule is CC(C)c1ccc(C(O)C(=O)N2CCN(c3ccc(C#N)cn3)CC2)cc1. The minimum atomic E-state index is -1.13. The highest BCUT2D eigenvalue weighted by Gasteiger charge is 2.27. The number of benzene rings is 1.